The molecule has 0 aliphatic carbocycles. The number of anilines is 2. The molecule has 3 aromatic heterocycles. The molecule has 3 aromatic rings. The van der Waals surface area contributed by atoms with Gasteiger partial charge in [-0.15, -0.1) is 11.3 Å². The Balaban J connectivity index is 1.57. The maximum absolute atomic E-state index is 12.9. The number of carbonyl (C=O) groups excluding carboxylic acids is 1. The van der Waals surface area contributed by atoms with E-state index >= 15 is 0 Å². The van der Waals surface area contributed by atoms with Crippen molar-refractivity contribution in [2.24, 2.45) is 0 Å². The fourth-order valence-corrected chi connectivity index (χ4v) is 4.40. The minimum Gasteiger partial charge on any atom is -0.345 e. The van der Waals surface area contributed by atoms with Gasteiger partial charge in [0.15, 0.2) is 5.13 Å². The zero-order valence-corrected chi connectivity index (χ0v) is 18.2. The van der Waals surface area contributed by atoms with Crippen molar-refractivity contribution in [1.82, 2.24) is 29.8 Å². The summed E-state index contributed by atoms with van der Waals surface area (Å²) in [6.07, 6.45) is 9.58. The van der Waals surface area contributed by atoms with Gasteiger partial charge in [0, 0.05) is 23.6 Å². The van der Waals surface area contributed by atoms with E-state index < -0.39 is 0 Å². The van der Waals surface area contributed by atoms with E-state index in [9.17, 15) is 4.79 Å². The molecule has 2 N–H and O–H groups in total. The number of rotatable bonds is 5. The average Bonchev–Trinajstić information content (AvgIpc) is 3.35. The lowest BCUT2D eigenvalue weighted by Crippen LogP contribution is -2.38. The smallest absolute Gasteiger partial charge is 0.247 e. The van der Waals surface area contributed by atoms with Gasteiger partial charge in [-0.05, 0) is 46.1 Å². The number of aromatic nitrogens is 5. The fraction of sp³-hybridized carbons (Fsp3) is 0.381. The number of hydrogen-bond acceptors (Lipinski definition) is 7. The predicted octanol–water partition coefficient (Wildman–Crippen LogP) is 4.09. The van der Waals surface area contributed by atoms with Gasteiger partial charge >= 0.3 is 0 Å². The summed E-state index contributed by atoms with van der Waals surface area (Å²) >= 11 is 1.60. The van der Waals surface area contributed by atoms with E-state index in [-0.39, 0.29) is 11.9 Å². The van der Waals surface area contributed by atoms with Crippen molar-refractivity contribution < 1.29 is 4.79 Å². The fourth-order valence-electron chi connectivity index (χ4n) is 3.58. The molecule has 156 valence electrons. The summed E-state index contributed by atoms with van der Waals surface area (Å²) in [6.45, 7) is 6.64. The predicted molar refractivity (Wildman–Crippen MR) is 118 cm³/mol. The van der Waals surface area contributed by atoms with Crippen LogP contribution in [0.25, 0.3) is 6.08 Å². The summed E-state index contributed by atoms with van der Waals surface area (Å²) in [4.78, 5) is 36.7. The lowest BCUT2D eigenvalue weighted by Gasteiger charge is -2.35. The van der Waals surface area contributed by atoms with Gasteiger partial charge in [-0.25, -0.2) is 19.9 Å². The summed E-state index contributed by atoms with van der Waals surface area (Å²) < 4.78 is 0. The van der Waals surface area contributed by atoms with Crippen LogP contribution in [-0.2, 0) is 4.79 Å². The molecule has 1 atom stereocenters. The first-order valence-electron chi connectivity index (χ1n) is 10.0. The van der Waals surface area contributed by atoms with E-state index in [0.29, 0.717) is 18.2 Å². The first kappa shape index (κ1) is 20.2. The van der Waals surface area contributed by atoms with Gasteiger partial charge in [-0.1, -0.05) is 0 Å². The number of aromatic amines is 1. The second kappa shape index (κ2) is 8.74. The standard InChI is InChI=1S/C21H25N7OS/c1-13-14(2)30-21(24-13)27-19-10-17(25-15(3)26-19)18-6-4-5-9-28(18)20(29)8-7-16-11-22-12-23-16/h7-8,10-12,18H,4-6,9H2,1-3H3,(H,22,23)(H,24,25,26,27)/b8-7+/t18-/m1/s1. The van der Waals surface area contributed by atoms with Crippen molar-refractivity contribution in [2.45, 2.75) is 46.1 Å². The molecule has 1 saturated heterocycles. The highest BCUT2D eigenvalue weighted by atomic mass is 32.1. The lowest BCUT2D eigenvalue weighted by molar-refractivity contribution is -0.129. The Morgan fingerprint density at radius 1 is 1.27 bits per heavy atom. The molecular formula is C21H25N7OS. The van der Waals surface area contributed by atoms with Crippen LogP contribution in [0.4, 0.5) is 10.9 Å². The number of thiazole rings is 1. The summed E-state index contributed by atoms with van der Waals surface area (Å²) in [5.41, 5.74) is 2.68. The molecule has 1 aliphatic rings. The summed E-state index contributed by atoms with van der Waals surface area (Å²) in [6, 6.07) is 1.87. The Kier molecular flexibility index (Phi) is 5.89. The van der Waals surface area contributed by atoms with Crippen LogP contribution < -0.4 is 5.32 Å². The molecule has 1 amide bonds. The number of likely N-dealkylation sites (tertiary alicyclic amines) is 1. The van der Waals surface area contributed by atoms with Crippen LogP contribution in [0.1, 0.15) is 53.1 Å². The number of aryl methyl sites for hydroxylation is 3. The molecule has 4 heterocycles. The number of amides is 1. The Morgan fingerprint density at radius 3 is 2.87 bits per heavy atom. The highest BCUT2D eigenvalue weighted by molar-refractivity contribution is 7.15. The molecule has 9 heteroatoms. The molecule has 0 saturated carbocycles. The highest BCUT2D eigenvalue weighted by Crippen LogP contribution is 2.32. The van der Waals surface area contributed by atoms with Gasteiger partial charge in [-0.3, -0.25) is 4.79 Å². The van der Waals surface area contributed by atoms with Gasteiger partial charge in [-0.2, -0.15) is 0 Å². The summed E-state index contributed by atoms with van der Waals surface area (Å²) in [7, 11) is 0. The van der Waals surface area contributed by atoms with E-state index in [2.05, 4.69) is 37.2 Å². The van der Waals surface area contributed by atoms with E-state index in [1.807, 2.05) is 24.8 Å². The van der Waals surface area contributed by atoms with Crippen molar-refractivity contribution in [3.63, 3.8) is 0 Å². The van der Waals surface area contributed by atoms with Crippen LogP contribution in [0.5, 0.6) is 0 Å². The first-order chi connectivity index (χ1) is 14.5. The topological polar surface area (TPSA) is 99.7 Å². The molecule has 8 nitrogen and oxygen atoms in total. The van der Waals surface area contributed by atoms with Gasteiger partial charge in [0.25, 0.3) is 0 Å². The van der Waals surface area contributed by atoms with E-state index in [1.54, 1.807) is 36.0 Å². The third-order valence-corrected chi connectivity index (χ3v) is 6.16. The van der Waals surface area contributed by atoms with Crippen LogP contribution in [0.2, 0.25) is 0 Å². The maximum atomic E-state index is 12.9. The Bertz CT molecular complexity index is 1040. The van der Waals surface area contributed by atoms with Crippen LogP contribution in [-0.4, -0.2) is 42.3 Å². The largest absolute Gasteiger partial charge is 0.345 e. The Hall–Kier alpha value is -3.07. The SMILES string of the molecule is Cc1nc(Nc2nc(C)c(C)s2)cc([C@H]2CCCCN2C(=O)/C=C/c2cnc[nH]2)n1. The average molecular weight is 424 g/mol. The van der Waals surface area contributed by atoms with E-state index in [0.717, 1.165) is 41.5 Å². The molecule has 0 unspecified atom stereocenters. The molecule has 1 fully saturated rings. The molecule has 4 rings (SSSR count). The second-order valence-corrected chi connectivity index (χ2v) is 8.60. The van der Waals surface area contributed by atoms with Crippen LogP contribution in [0, 0.1) is 20.8 Å². The molecule has 0 radical (unpaired) electrons. The number of imidazole rings is 1. The zero-order valence-electron chi connectivity index (χ0n) is 17.3. The normalized spacial score (nSPS) is 16.9. The molecule has 0 aromatic carbocycles. The van der Waals surface area contributed by atoms with Crippen LogP contribution in [0.15, 0.2) is 24.7 Å². The van der Waals surface area contributed by atoms with Gasteiger partial charge in [0.1, 0.15) is 11.6 Å². The minimum atomic E-state index is -0.0697. The minimum absolute atomic E-state index is 0.0220. The van der Waals surface area contributed by atoms with Crippen molar-refractivity contribution >= 4 is 34.3 Å². The van der Waals surface area contributed by atoms with Crippen LogP contribution in [0.3, 0.4) is 0 Å². The summed E-state index contributed by atoms with van der Waals surface area (Å²) in [5.74, 6) is 1.36. The zero-order chi connectivity index (χ0) is 21.1. The number of piperidine rings is 1. The monoisotopic (exact) mass is 423 g/mol. The van der Waals surface area contributed by atoms with Gasteiger partial charge in [0.05, 0.1) is 35.6 Å². The van der Waals surface area contributed by atoms with Gasteiger partial charge < -0.3 is 15.2 Å². The molecule has 0 bridgehead atoms. The number of H-pyrrole nitrogens is 1. The van der Waals surface area contributed by atoms with Crippen molar-refractivity contribution in [3.05, 3.63) is 52.4 Å². The van der Waals surface area contributed by atoms with E-state index in [1.165, 1.54) is 4.88 Å². The Morgan fingerprint density at radius 2 is 2.13 bits per heavy atom. The lowest BCUT2D eigenvalue weighted by atomic mass is 9.98. The number of nitrogens with one attached hydrogen (secondary N) is 2. The Labute approximate surface area is 179 Å². The van der Waals surface area contributed by atoms with E-state index in [4.69, 9.17) is 0 Å². The highest BCUT2D eigenvalue weighted by Gasteiger charge is 2.28. The first-order valence-corrected chi connectivity index (χ1v) is 10.8. The van der Waals surface area contributed by atoms with Crippen molar-refractivity contribution in [3.8, 4) is 0 Å². The van der Waals surface area contributed by atoms with Gasteiger partial charge in [0.2, 0.25) is 5.91 Å². The molecule has 1 aliphatic heterocycles. The van der Waals surface area contributed by atoms with Crippen molar-refractivity contribution in [2.75, 3.05) is 11.9 Å². The number of nitrogens with zero attached hydrogens (tertiary/aromatic N) is 5. The molecular weight excluding hydrogens is 398 g/mol. The number of carbonyl (C=O) groups is 1. The third-order valence-electron chi connectivity index (χ3n) is 5.17. The third kappa shape index (κ3) is 4.56. The molecule has 30 heavy (non-hydrogen) atoms. The molecule has 0 spiro atoms. The van der Waals surface area contributed by atoms with Crippen molar-refractivity contribution in [1.29, 1.82) is 0 Å². The second-order valence-electron chi connectivity index (χ2n) is 7.39. The quantitative estimate of drug-likeness (QED) is 0.600. The summed E-state index contributed by atoms with van der Waals surface area (Å²) in [5, 5.41) is 4.11. The maximum Gasteiger partial charge on any atom is 0.247 e. The number of hydrogen-bond donors (Lipinski definition) is 2. The van der Waals surface area contributed by atoms with Crippen LogP contribution >= 0.6 is 11.3 Å².